The van der Waals surface area contributed by atoms with E-state index in [1.165, 1.54) is 61.1 Å². The van der Waals surface area contributed by atoms with E-state index in [4.69, 9.17) is 4.74 Å². The zero-order chi connectivity index (χ0) is 34.2. The fourth-order valence-corrected chi connectivity index (χ4v) is 5.43. The number of carboxylic acids is 1. The molecule has 244 valence electrons. The molecule has 1 saturated heterocycles. The second kappa shape index (κ2) is 12.7. The van der Waals surface area contributed by atoms with Crippen LogP contribution in [0.15, 0.2) is 58.3 Å². The average molecular weight is 655 g/mol. The van der Waals surface area contributed by atoms with Crippen LogP contribution in [0.1, 0.15) is 27.0 Å². The first-order chi connectivity index (χ1) is 22.2. The number of pyridine rings is 1. The number of morpholine rings is 1. The van der Waals surface area contributed by atoms with Gasteiger partial charge in [-0.15, -0.1) is 0 Å². The summed E-state index contributed by atoms with van der Waals surface area (Å²) >= 11 is 0. The van der Waals surface area contributed by atoms with E-state index < -0.39 is 59.4 Å². The van der Waals surface area contributed by atoms with Gasteiger partial charge >= 0.3 is 17.8 Å². The molecule has 1 fully saturated rings. The Hall–Kier alpha value is -5.56. The largest absolute Gasteiger partial charge is 0.480 e. The van der Waals surface area contributed by atoms with Crippen LogP contribution in [0.5, 0.6) is 0 Å². The van der Waals surface area contributed by atoms with Crippen molar-refractivity contribution in [1.82, 2.24) is 19.4 Å². The molecule has 2 N–H and O–H groups in total. The third-order valence-corrected chi connectivity index (χ3v) is 7.82. The molecule has 0 aliphatic carbocycles. The lowest BCUT2D eigenvalue weighted by Gasteiger charge is -2.38. The molecule has 1 amide bonds. The number of carbonyl (C=O) groups is 2. The quantitative estimate of drug-likeness (QED) is 0.286. The predicted molar refractivity (Wildman–Crippen MR) is 159 cm³/mol. The lowest BCUT2D eigenvalue weighted by Crippen LogP contribution is -2.53. The lowest BCUT2D eigenvalue weighted by molar-refractivity contribution is -0.167. The van der Waals surface area contributed by atoms with Gasteiger partial charge < -0.3 is 20.1 Å². The molecule has 0 bridgehead atoms. The Morgan fingerprint density at radius 2 is 1.94 bits per heavy atom. The highest BCUT2D eigenvalue weighted by Crippen LogP contribution is 2.33. The van der Waals surface area contributed by atoms with Gasteiger partial charge in [-0.2, -0.15) is 18.4 Å². The lowest BCUT2D eigenvalue weighted by atomic mass is 10.0. The second-order valence-electron chi connectivity index (χ2n) is 10.9. The zero-order valence-corrected chi connectivity index (χ0v) is 24.8. The summed E-state index contributed by atoms with van der Waals surface area (Å²) in [5.41, 5.74) is -1.29. The van der Waals surface area contributed by atoms with Gasteiger partial charge in [0.25, 0.3) is 11.5 Å². The third kappa shape index (κ3) is 6.42. The average Bonchev–Trinajstić information content (AvgIpc) is 3.03. The van der Waals surface area contributed by atoms with Crippen molar-refractivity contribution in [3.8, 4) is 11.9 Å². The number of amides is 1. The molecule has 2 aromatic heterocycles. The Morgan fingerprint density at radius 3 is 2.55 bits per heavy atom. The summed E-state index contributed by atoms with van der Waals surface area (Å²) in [7, 11) is 1.45. The molecule has 0 unspecified atom stereocenters. The molecule has 0 radical (unpaired) electrons. The number of ether oxygens (including phenoxy) is 1. The first kappa shape index (κ1) is 32.8. The number of fused-ring (bicyclic) bond motifs is 1. The molecule has 5 rings (SSSR count). The molecule has 4 aromatic rings. The molecule has 1 aliphatic heterocycles. The van der Waals surface area contributed by atoms with E-state index in [-0.39, 0.29) is 53.2 Å². The number of nitrogens with zero attached hydrogens (tertiary/aromatic N) is 5. The van der Waals surface area contributed by atoms with Gasteiger partial charge in [-0.25, -0.2) is 23.5 Å². The highest BCUT2D eigenvalue weighted by atomic mass is 19.4. The van der Waals surface area contributed by atoms with E-state index in [9.17, 15) is 42.7 Å². The molecule has 0 saturated carbocycles. The molecule has 0 spiro atoms. The van der Waals surface area contributed by atoms with Crippen LogP contribution in [0.3, 0.4) is 0 Å². The van der Waals surface area contributed by atoms with Gasteiger partial charge in [0.15, 0.2) is 0 Å². The van der Waals surface area contributed by atoms with Crippen LogP contribution in [0, 0.1) is 24.1 Å². The number of rotatable bonds is 7. The number of halogens is 4. The van der Waals surface area contributed by atoms with E-state index in [2.05, 4.69) is 10.3 Å². The van der Waals surface area contributed by atoms with Crippen LogP contribution < -0.4 is 21.5 Å². The van der Waals surface area contributed by atoms with Gasteiger partial charge in [-0.05, 0) is 54.4 Å². The number of nitriles is 1. The molecule has 3 heterocycles. The van der Waals surface area contributed by atoms with Gasteiger partial charge in [0, 0.05) is 31.9 Å². The van der Waals surface area contributed by atoms with E-state index in [1.54, 1.807) is 0 Å². The number of carbonyl (C=O) groups excluding carboxylic acids is 1. The van der Waals surface area contributed by atoms with Gasteiger partial charge in [0.05, 0.1) is 41.3 Å². The van der Waals surface area contributed by atoms with Gasteiger partial charge in [-0.1, -0.05) is 6.07 Å². The second-order valence-corrected chi connectivity index (χ2v) is 10.9. The minimum absolute atomic E-state index is 0.00948. The number of carboxylic acid groups (broad SMARTS) is 1. The van der Waals surface area contributed by atoms with Gasteiger partial charge in [0.2, 0.25) is 0 Å². The van der Waals surface area contributed by atoms with Crippen LogP contribution in [0.25, 0.3) is 16.7 Å². The van der Waals surface area contributed by atoms with E-state index in [0.29, 0.717) is 5.52 Å². The van der Waals surface area contributed by atoms with Crippen molar-refractivity contribution in [2.24, 2.45) is 7.05 Å². The third-order valence-electron chi connectivity index (χ3n) is 7.82. The normalized spacial score (nSPS) is 15.7. The van der Waals surface area contributed by atoms with Crippen LogP contribution in [-0.2, 0) is 23.0 Å². The molecule has 16 heteroatoms. The summed E-state index contributed by atoms with van der Waals surface area (Å²) in [5.74, 6) is -3.78. The fraction of sp³-hybridized carbons (Fsp3) is 0.290. The van der Waals surface area contributed by atoms with Gasteiger partial charge in [-0.3, -0.25) is 14.2 Å². The molecule has 2 atom stereocenters. The van der Waals surface area contributed by atoms with Crippen molar-refractivity contribution in [1.29, 1.82) is 5.26 Å². The maximum Gasteiger partial charge on any atom is 0.411 e. The predicted octanol–water partition coefficient (Wildman–Crippen LogP) is 2.60. The zero-order valence-electron chi connectivity index (χ0n) is 24.8. The number of alkyl halides is 3. The van der Waals surface area contributed by atoms with E-state index in [0.717, 1.165) is 15.5 Å². The number of nitrogens with one attached hydrogen (secondary N) is 1. The summed E-state index contributed by atoms with van der Waals surface area (Å²) in [5, 5.41) is 21.4. The van der Waals surface area contributed by atoms with E-state index in [1.807, 2.05) is 6.07 Å². The Kier molecular flexibility index (Phi) is 8.85. The van der Waals surface area contributed by atoms with Crippen LogP contribution in [-0.4, -0.2) is 69.1 Å². The minimum Gasteiger partial charge on any atom is -0.480 e. The van der Waals surface area contributed by atoms with Crippen LogP contribution >= 0.6 is 0 Å². The molecule has 1 aliphatic rings. The highest BCUT2D eigenvalue weighted by Gasteiger charge is 2.45. The van der Waals surface area contributed by atoms with Crippen LogP contribution in [0.2, 0.25) is 0 Å². The van der Waals surface area contributed by atoms with Gasteiger partial charge in [0.1, 0.15) is 23.7 Å². The Balaban J connectivity index is 1.37. The maximum absolute atomic E-state index is 15.2. The standard InChI is InChI=1S/C31H26F4N6O6/c1-16-9-19(40-7-8-47-15-24(40)31(33,34)35)12-21(32)26(16)27(42)38-22(29(44)45)11-18-4-6-25(37-14-18)41-28(43)20-10-17(13-36)3-5-23(20)39(2)30(41)46/h3-6,9-10,12,14,22,24H,7-8,11,15H2,1-2H3,(H,38,42)(H,44,45)/t22-,24+/m0/s1. The summed E-state index contributed by atoms with van der Waals surface area (Å²) in [6, 6.07) is 7.36. The number of aromatic nitrogens is 3. The molecular formula is C31H26F4N6O6. The minimum atomic E-state index is -4.65. The number of anilines is 1. The van der Waals surface area contributed by atoms with E-state index >= 15 is 4.39 Å². The Bertz CT molecular complexity index is 2030. The molecule has 47 heavy (non-hydrogen) atoms. The highest BCUT2D eigenvalue weighted by molar-refractivity contribution is 5.98. The van der Waals surface area contributed by atoms with Crippen molar-refractivity contribution in [2.75, 3.05) is 24.7 Å². The Labute approximate surface area is 263 Å². The number of aryl methyl sites for hydroxylation is 2. The van der Waals surface area contributed by atoms with Crippen molar-refractivity contribution < 1.29 is 37.0 Å². The summed E-state index contributed by atoms with van der Waals surface area (Å²) in [6.07, 6.45) is -3.77. The number of hydrogen-bond acceptors (Lipinski definition) is 8. The van der Waals surface area contributed by atoms with Crippen molar-refractivity contribution in [3.63, 3.8) is 0 Å². The van der Waals surface area contributed by atoms with Crippen LogP contribution in [0.4, 0.5) is 23.2 Å². The SMILES string of the molecule is Cc1cc(N2CCOC[C@@H]2C(F)(F)F)cc(F)c1C(=O)N[C@@H](Cc1ccc(-n2c(=O)c3cc(C#N)ccc3n(C)c2=O)nc1)C(=O)O. The monoisotopic (exact) mass is 654 g/mol. The number of hydrogen-bond donors (Lipinski definition) is 2. The van der Waals surface area contributed by atoms with Crippen molar-refractivity contribution >= 4 is 28.5 Å². The fourth-order valence-electron chi connectivity index (χ4n) is 5.43. The smallest absolute Gasteiger partial charge is 0.411 e. The molecule has 12 nitrogen and oxygen atoms in total. The molecular weight excluding hydrogens is 628 g/mol. The molecule has 2 aromatic carbocycles. The topological polar surface area (TPSA) is 160 Å². The first-order valence-electron chi connectivity index (χ1n) is 14.1. The van der Waals surface area contributed by atoms with Crippen molar-refractivity contribution in [3.05, 3.63) is 97.6 Å². The van der Waals surface area contributed by atoms with Crippen molar-refractivity contribution in [2.45, 2.75) is 31.6 Å². The maximum atomic E-state index is 15.2. The first-order valence-corrected chi connectivity index (χ1v) is 14.1. The summed E-state index contributed by atoms with van der Waals surface area (Å²) < 4.78 is 62.8. The summed E-state index contributed by atoms with van der Waals surface area (Å²) in [4.78, 5) is 56.4. The Morgan fingerprint density at radius 1 is 1.19 bits per heavy atom. The summed E-state index contributed by atoms with van der Waals surface area (Å²) in [6.45, 7) is 0.517. The number of benzene rings is 2. The number of aliphatic carboxylic acids is 1.